The van der Waals surface area contributed by atoms with Crippen molar-refractivity contribution in [3.8, 4) is 5.75 Å². The Bertz CT molecular complexity index is 1210. The van der Waals surface area contributed by atoms with Crippen LogP contribution < -0.4 is 10.5 Å². The van der Waals surface area contributed by atoms with Crippen molar-refractivity contribution in [3.63, 3.8) is 0 Å². The highest BCUT2D eigenvalue weighted by Gasteiger charge is 2.16. The monoisotopic (exact) mass is 446 g/mol. The number of ether oxygens (including phenoxy) is 1. The number of primary amides is 1. The summed E-state index contributed by atoms with van der Waals surface area (Å²) in [7, 11) is 0. The Labute approximate surface area is 193 Å². The van der Waals surface area contributed by atoms with Crippen LogP contribution in [0.1, 0.15) is 46.2 Å². The van der Waals surface area contributed by atoms with Gasteiger partial charge in [0.05, 0.1) is 25.6 Å². The second-order valence-electron chi connectivity index (χ2n) is 8.32. The second-order valence-corrected chi connectivity index (χ2v) is 8.32. The second kappa shape index (κ2) is 10.4. The first-order chi connectivity index (χ1) is 16.0. The molecule has 2 heterocycles. The summed E-state index contributed by atoms with van der Waals surface area (Å²) in [5.41, 5.74) is 10.2. The number of rotatable bonds is 11. The lowest BCUT2D eigenvalue weighted by atomic mass is 10.0. The summed E-state index contributed by atoms with van der Waals surface area (Å²) in [5.74, 6) is 0.282. The van der Waals surface area contributed by atoms with Crippen molar-refractivity contribution in [1.29, 1.82) is 0 Å². The van der Waals surface area contributed by atoms with E-state index >= 15 is 0 Å². The zero-order valence-corrected chi connectivity index (χ0v) is 18.8. The van der Waals surface area contributed by atoms with E-state index in [1.165, 1.54) is 11.1 Å². The predicted octanol–water partition coefficient (Wildman–Crippen LogP) is 3.95. The molecule has 0 fully saturated rings. The van der Waals surface area contributed by atoms with Crippen molar-refractivity contribution in [1.82, 2.24) is 14.5 Å². The molecule has 7 nitrogen and oxygen atoms in total. The van der Waals surface area contributed by atoms with Crippen LogP contribution in [-0.4, -0.2) is 38.8 Å². The number of H-pyrrole nitrogens is 1. The van der Waals surface area contributed by atoms with Gasteiger partial charge in [-0.05, 0) is 61.9 Å². The molecule has 2 aromatic heterocycles. The Morgan fingerprint density at radius 1 is 1.21 bits per heavy atom. The Morgan fingerprint density at radius 3 is 2.76 bits per heavy atom. The molecule has 0 spiro atoms. The predicted molar refractivity (Wildman–Crippen MR) is 128 cm³/mol. The summed E-state index contributed by atoms with van der Waals surface area (Å²) in [6.45, 7) is 2.67. The zero-order valence-electron chi connectivity index (χ0n) is 18.8. The Hall–Kier alpha value is -3.58. The largest absolute Gasteiger partial charge is 0.494 e. The average Bonchev–Trinajstić information content (AvgIpc) is 3.43. The molecule has 0 aliphatic heterocycles. The third-order valence-corrected chi connectivity index (χ3v) is 6.03. The SMILES string of the molecule is Cc1[nH]c2ccc(OCCCc3ccccc3)cc2c1CC[C@H](CO)n1cnc(C(N)=O)c1. The van der Waals surface area contributed by atoms with Crippen molar-refractivity contribution >= 4 is 16.8 Å². The molecular formula is C26H30N4O3. The molecule has 172 valence electrons. The maximum absolute atomic E-state index is 11.3. The molecular weight excluding hydrogens is 416 g/mol. The molecule has 0 unspecified atom stereocenters. The minimum Gasteiger partial charge on any atom is -0.494 e. The van der Waals surface area contributed by atoms with Gasteiger partial charge in [-0.3, -0.25) is 4.79 Å². The standard InChI is InChI=1S/C26H30N4O3/c1-18-22(11-9-20(16-31)30-15-25(26(27)32)28-17-30)23-14-21(10-12-24(23)29-18)33-13-5-8-19-6-3-2-4-7-19/h2-4,6-7,10,12,14-15,17,20,29,31H,5,8-9,11,13,16H2,1H3,(H2,27,32)/t20-/m1/s1. The third kappa shape index (κ3) is 5.43. The van der Waals surface area contributed by atoms with Gasteiger partial charge in [-0.15, -0.1) is 0 Å². The first kappa shape index (κ1) is 22.6. The average molecular weight is 447 g/mol. The Kier molecular flexibility index (Phi) is 7.10. The van der Waals surface area contributed by atoms with E-state index in [-0.39, 0.29) is 18.3 Å². The van der Waals surface area contributed by atoms with Crippen LogP contribution in [0.4, 0.5) is 0 Å². The van der Waals surface area contributed by atoms with E-state index in [1.54, 1.807) is 17.1 Å². The van der Waals surface area contributed by atoms with E-state index in [9.17, 15) is 9.90 Å². The molecule has 7 heteroatoms. The fourth-order valence-electron chi connectivity index (χ4n) is 4.19. The van der Waals surface area contributed by atoms with Crippen molar-refractivity contribution < 1.29 is 14.6 Å². The smallest absolute Gasteiger partial charge is 0.268 e. The number of hydrogen-bond acceptors (Lipinski definition) is 4. The van der Waals surface area contributed by atoms with E-state index in [1.807, 2.05) is 12.1 Å². The number of fused-ring (bicyclic) bond motifs is 1. The molecule has 4 aromatic rings. The van der Waals surface area contributed by atoms with Gasteiger partial charge in [-0.2, -0.15) is 0 Å². The van der Waals surface area contributed by atoms with Crippen molar-refractivity contribution in [2.45, 2.75) is 38.6 Å². The summed E-state index contributed by atoms with van der Waals surface area (Å²) in [4.78, 5) is 18.8. The number of nitrogens with one attached hydrogen (secondary N) is 1. The molecule has 33 heavy (non-hydrogen) atoms. The van der Waals surface area contributed by atoms with Crippen LogP contribution in [0.2, 0.25) is 0 Å². The summed E-state index contributed by atoms with van der Waals surface area (Å²) in [6, 6.07) is 16.4. The van der Waals surface area contributed by atoms with Crippen LogP contribution >= 0.6 is 0 Å². The van der Waals surface area contributed by atoms with Gasteiger partial charge in [0.25, 0.3) is 5.91 Å². The minimum atomic E-state index is -0.575. The topological polar surface area (TPSA) is 106 Å². The molecule has 0 aliphatic carbocycles. The van der Waals surface area contributed by atoms with E-state index < -0.39 is 5.91 Å². The van der Waals surface area contributed by atoms with Crippen molar-refractivity contribution in [2.24, 2.45) is 5.73 Å². The van der Waals surface area contributed by atoms with Crippen molar-refractivity contribution in [2.75, 3.05) is 13.2 Å². The maximum atomic E-state index is 11.3. The summed E-state index contributed by atoms with van der Waals surface area (Å²) in [6.07, 6.45) is 6.54. The molecule has 0 radical (unpaired) electrons. The number of carbonyl (C=O) groups is 1. The summed E-state index contributed by atoms with van der Waals surface area (Å²) in [5, 5.41) is 11.0. The van der Waals surface area contributed by atoms with Gasteiger partial charge < -0.3 is 25.1 Å². The lowest BCUT2D eigenvalue weighted by molar-refractivity contribution is 0.0995. The normalized spacial score (nSPS) is 12.2. The molecule has 0 aliphatic rings. The number of imidazole rings is 1. The molecule has 4 N–H and O–H groups in total. The van der Waals surface area contributed by atoms with E-state index in [0.29, 0.717) is 13.0 Å². The first-order valence-electron chi connectivity index (χ1n) is 11.3. The highest BCUT2D eigenvalue weighted by Crippen LogP contribution is 2.29. The molecule has 1 amide bonds. The lowest BCUT2D eigenvalue weighted by Gasteiger charge is -2.15. The third-order valence-electron chi connectivity index (χ3n) is 6.03. The van der Waals surface area contributed by atoms with Crippen LogP contribution in [0.25, 0.3) is 10.9 Å². The van der Waals surface area contributed by atoms with Gasteiger partial charge in [0.2, 0.25) is 0 Å². The van der Waals surface area contributed by atoms with Gasteiger partial charge in [-0.25, -0.2) is 4.98 Å². The van der Waals surface area contributed by atoms with Gasteiger partial charge in [-0.1, -0.05) is 30.3 Å². The molecule has 0 saturated carbocycles. The van der Waals surface area contributed by atoms with Crippen LogP contribution in [0, 0.1) is 6.92 Å². The highest BCUT2D eigenvalue weighted by atomic mass is 16.5. The molecule has 4 rings (SSSR count). The molecule has 0 saturated heterocycles. The van der Waals surface area contributed by atoms with Crippen LogP contribution in [0.15, 0.2) is 61.1 Å². The van der Waals surface area contributed by atoms with E-state index in [4.69, 9.17) is 10.5 Å². The van der Waals surface area contributed by atoms with E-state index in [0.717, 1.165) is 41.6 Å². The number of hydrogen-bond donors (Lipinski definition) is 3. The number of carbonyl (C=O) groups excluding carboxylic acids is 1. The van der Waals surface area contributed by atoms with Crippen LogP contribution in [0.3, 0.4) is 0 Å². The number of nitrogens with two attached hydrogens (primary N) is 1. The fourth-order valence-corrected chi connectivity index (χ4v) is 4.19. The van der Waals surface area contributed by atoms with Crippen molar-refractivity contribution in [3.05, 3.63) is 83.6 Å². The number of aromatic amines is 1. The number of benzene rings is 2. The maximum Gasteiger partial charge on any atom is 0.268 e. The number of aliphatic hydroxyl groups is 1. The summed E-state index contributed by atoms with van der Waals surface area (Å²) < 4.78 is 7.79. The minimum absolute atomic E-state index is 0.0499. The zero-order chi connectivity index (χ0) is 23.2. The Morgan fingerprint density at radius 2 is 2.03 bits per heavy atom. The van der Waals surface area contributed by atoms with E-state index in [2.05, 4.69) is 53.3 Å². The highest BCUT2D eigenvalue weighted by molar-refractivity contribution is 5.90. The molecule has 2 aromatic carbocycles. The number of aryl methyl sites for hydroxylation is 3. The van der Waals surface area contributed by atoms with Gasteiger partial charge in [0.1, 0.15) is 11.4 Å². The quantitative estimate of drug-likeness (QED) is 0.303. The lowest BCUT2D eigenvalue weighted by Crippen LogP contribution is -2.14. The summed E-state index contributed by atoms with van der Waals surface area (Å²) >= 11 is 0. The number of amides is 1. The molecule has 1 atom stereocenters. The number of nitrogens with zero attached hydrogens (tertiary/aromatic N) is 2. The van der Waals surface area contributed by atoms with Crippen LogP contribution in [-0.2, 0) is 12.8 Å². The van der Waals surface area contributed by atoms with Gasteiger partial charge >= 0.3 is 0 Å². The van der Waals surface area contributed by atoms with Gasteiger partial charge in [0, 0.05) is 22.8 Å². The fraction of sp³-hybridized carbons (Fsp3) is 0.308. The number of aliphatic hydroxyl groups excluding tert-OH is 1. The Balaban J connectivity index is 1.41. The number of aromatic nitrogens is 3. The molecule has 0 bridgehead atoms. The van der Waals surface area contributed by atoms with Crippen LogP contribution in [0.5, 0.6) is 5.75 Å². The van der Waals surface area contributed by atoms with Gasteiger partial charge in [0.15, 0.2) is 0 Å². The first-order valence-corrected chi connectivity index (χ1v) is 11.3.